The van der Waals surface area contributed by atoms with Crippen LogP contribution in [0.15, 0.2) is 30.3 Å². The van der Waals surface area contributed by atoms with E-state index in [1.807, 2.05) is 18.2 Å². The average molecular weight is 184 g/mol. The molecule has 2 N–H and O–H groups in total. The molecule has 0 aliphatic heterocycles. The molecule has 2 heteroatoms. The molecule has 0 aliphatic rings. The standard InChI is InChI=1S/C10H14ClN/c11-8-10(6-7-12)9-4-2-1-3-5-9/h1-5,10H,6-8,12H2. The molecule has 0 heterocycles. The van der Waals surface area contributed by atoms with Crippen molar-refractivity contribution in [3.8, 4) is 0 Å². The summed E-state index contributed by atoms with van der Waals surface area (Å²) in [6, 6.07) is 10.3. The number of nitrogens with two attached hydrogens (primary N) is 1. The molecule has 1 aromatic carbocycles. The van der Waals surface area contributed by atoms with E-state index in [4.69, 9.17) is 17.3 Å². The summed E-state index contributed by atoms with van der Waals surface area (Å²) in [6.45, 7) is 0.701. The molecule has 1 atom stereocenters. The van der Waals surface area contributed by atoms with Gasteiger partial charge in [-0.2, -0.15) is 0 Å². The van der Waals surface area contributed by atoms with Crippen LogP contribution in [0.4, 0.5) is 0 Å². The van der Waals surface area contributed by atoms with Crippen molar-refractivity contribution in [3.05, 3.63) is 35.9 Å². The van der Waals surface area contributed by atoms with Crippen LogP contribution in [0.2, 0.25) is 0 Å². The van der Waals surface area contributed by atoms with Crippen molar-refractivity contribution in [1.82, 2.24) is 0 Å². The second-order valence-corrected chi connectivity index (χ2v) is 3.15. The molecule has 0 bridgehead atoms. The summed E-state index contributed by atoms with van der Waals surface area (Å²) in [5.41, 5.74) is 6.77. The van der Waals surface area contributed by atoms with E-state index in [-0.39, 0.29) is 0 Å². The van der Waals surface area contributed by atoms with Gasteiger partial charge in [0.05, 0.1) is 0 Å². The lowest BCUT2D eigenvalue weighted by Crippen LogP contribution is -2.08. The lowest BCUT2D eigenvalue weighted by atomic mass is 9.98. The van der Waals surface area contributed by atoms with Crippen molar-refractivity contribution < 1.29 is 0 Å². The van der Waals surface area contributed by atoms with Gasteiger partial charge in [0.1, 0.15) is 0 Å². The zero-order valence-corrected chi connectivity index (χ0v) is 7.80. The van der Waals surface area contributed by atoms with Crippen LogP contribution in [-0.4, -0.2) is 12.4 Å². The van der Waals surface area contributed by atoms with Crippen LogP contribution in [0, 0.1) is 0 Å². The lowest BCUT2D eigenvalue weighted by molar-refractivity contribution is 0.696. The fourth-order valence-corrected chi connectivity index (χ4v) is 1.59. The summed E-state index contributed by atoms with van der Waals surface area (Å²) in [4.78, 5) is 0. The van der Waals surface area contributed by atoms with Gasteiger partial charge >= 0.3 is 0 Å². The largest absolute Gasteiger partial charge is 0.330 e. The molecule has 1 rings (SSSR count). The van der Waals surface area contributed by atoms with Gasteiger partial charge in [-0.25, -0.2) is 0 Å². The summed E-state index contributed by atoms with van der Waals surface area (Å²) in [7, 11) is 0. The Morgan fingerprint density at radius 3 is 2.42 bits per heavy atom. The normalized spacial score (nSPS) is 12.8. The average Bonchev–Trinajstić information content (AvgIpc) is 2.15. The molecule has 1 unspecified atom stereocenters. The summed E-state index contributed by atoms with van der Waals surface area (Å²) in [5.74, 6) is 1.07. The van der Waals surface area contributed by atoms with Crippen molar-refractivity contribution >= 4 is 11.6 Å². The number of halogens is 1. The molecule has 0 amide bonds. The van der Waals surface area contributed by atoms with E-state index in [1.54, 1.807) is 0 Å². The number of benzene rings is 1. The molecule has 0 saturated heterocycles. The SMILES string of the molecule is NCCC(CCl)c1ccccc1. The Morgan fingerprint density at radius 2 is 1.92 bits per heavy atom. The Balaban J connectivity index is 2.66. The highest BCUT2D eigenvalue weighted by molar-refractivity contribution is 6.18. The first-order valence-electron chi connectivity index (χ1n) is 4.19. The second kappa shape index (κ2) is 5.18. The Labute approximate surface area is 78.5 Å². The molecule has 66 valence electrons. The highest BCUT2D eigenvalue weighted by atomic mass is 35.5. The van der Waals surface area contributed by atoms with E-state index in [1.165, 1.54) is 5.56 Å². The van der Waals surface area contributed by atoms with Gasteiger partial charge in [-0.3, -0.25) is 0 Å². The summed E-state index contributed by atoms with van der Waals surface area (Å²) >= 11 is 5.83. The molecule has 1 aromatic rings. The third-order valence-corrected chi connectivity index (χ3v) is 2.34. The zero-order valence-electron chi connectivity index (χ0n) is 7.04. The molecule has 0 aliphatic carbocycles. The van der Waals surface area contributed by atoms with Gasteiger partial charge < -0.3 is 5.73 Å². The predicted molar refractivity (Wildman–Crippen MR) is 53.6 cm³/mol. The van der Waals surface area contributed by atoms with Crippen LogP contribution in [0.5, 0.6) is 0 Å². The molecule has 12 heavy (non-hydrogen) atoms. The molecule has 0 aromatic heterocycles. The van der Waals surface area contributed by atoms with Crippen LogP contribution >= 0.6 is 11.6 Å². The Hall–Kier alpha value is -0.530. The summed E-state index contributed by atoms with van der Waals surface area (Å²) in [6.07, 6.45) is 0.966. The first-order chi connectivity index (χ1) is 5.88. The molecule has 0 radical (unpaired) electrons. The maximum Gasteiger partial charge on any atom is 0.0292 e. The molecular weight excluding hydrogens is 170 g/mol. The van der Waals surface area contributed by atoms with Crippen LogP contribution in [0.25, 0.3) is 0 Å². The predicted octanol–water partition coefficient (Wildman–Crippen LogP) is 2.36. The van der Waals surface area contributed by atoms with Crippen LogP contribution in [-0.2, 0) is 0 Å². The Bertz CT molecular complexity index is 210. The quantitative estimate of drug-likeness (QED) is 0.713. The van der Waals surface area contributed by atoms with Crippen molar-refractivity contribution in [2.45, 2.75) is 12.3 Å². The minimum atomic E-state index is 0.415. The zero-order chi connectivity index (χ0) is 8.81. The van der Waals surface area contributed by atoms with Crippen molar-refractivity contribution in [3.63, 3.8) is 0 Å². The third kappa shape index (κ3) is 2.50. The minimum Gasteiger partial charge on any atom is -0.330 e. The molecule has 1 nitrogen and oxygen atoms in total. The topological polar surface area (TPSA) is 26.0 Å². The van der Waals surface area contributed by atoms with Crippen LogP contribution in [0.3, 0.4) is 0 Å². The monoisotopic (exact) mass is 183 g/mol. The van der Waals surface area contributed by atoms with E-state index < -0.39 is 0 Å². The highest BCUT2D eigenvalue weighted by Gasteiger charge is 2.07. The van der Waals surface area contributed by atoms with Gasteiger partial charge in [0, 0.05) is 5.88 Å². The highest BCUT2D eigenvalue weighted by Crippen LogP contribution is 2.19. The molecule has 0 spiro atoms. The number of rotatable bonds is 4. The van der Waals surface area contributed by atoms with Crippen LogP contribution in [0.1, 0.15) is 17.9 Å². The third-order valence-electron chi connectivity index (χ3n) is 1.97. The maximum atomic E-state index is 5.83. The number of hydrogen-bond acceptors (Lipinski definition) is 1. The van der Waals surface area contributed by atoms with E-state index >= 15 is 0 Å². The van der Waals surface area contributed by atoms with Crippen LogP contribution < -0.4 is 5.73 Å². The molecular formula is C10H14ClN. The van der Waals surface area contributed by atoms with E-state index in [0.717, 1.165) is 6.42 Å². The minimum absolute atomic E-state index is 0.415. The Kier molecular flexibility index (Phi) is 4.12. The van der Waals surface area contributed by atoms with Crippen molar-refractivity contribution in [2.75, 3.05) is 12.4 Å². The summed E-state index contributed by atoms with van der Waals surface area (Å²) in [5, 5.41) is 0. The van der Waals surface area contributed by atoms with E-state index in [9.17, 15) is 0 Å². The fraction of sp³-hybridized carbons (Fsp3) is 0.400. The lowest BCUT2D eigenvalue weighted by Gasteiger charge is -2.12. The first-order valence-corrected chi connectivity index (χ1v) is 4.73. The van der Waals surface area contributed by atoms with Crippen molar-refractivity contribution in [2.24, 2.45) is 5.73 Å². The summed E-state index contributed by atoms with van der Waals surface area (Å²) < 4.78 is 0. The molecule has 0 saturated carbocycles. The van der Waals surface area contributed by atoms with Gasteiger partial charge in [0.15, 0.2) is 0 Å². The van der Waals surface area contributed by atoms with E-state index in [2.05, 4.69) is 12.1 Å². The van der Waals surface area contributed by atoms with Crippen molar-refractivity contribution in [1.29, 1.82) is 0 Å². The number of alkyl halides is 1. The van der Waals surface area contributed by atoms with Gasteiger partial charge in [-0.15, -0.1) is 11.6 Å². The molecule has 0 fully saturated rings. The van der Waals surface area contributed by atoms with Gasteiger partial charge in [0.2, 0.25) is 0 Å². The van der Waals surface area contributed by atoms with Gasteiger partial charge in [-0.1, -0.05) is 30.3 Å². The van der Waals surface area contributed by atoms with Gasteiger partial charge in [0.25, 0.3) is 0 Å². The Morgan fingerprint density at radius 1 is 1.25 bits per heavy atom. The first kappa shape index (κ1) is 9.56. The number of hydrogen-bond donors (Lipinski definition) is 1. The second-order valence-electron chi connectivity index (χ2n) is 2.84. The maximum absolute atomic E-state index is 5.83. The fourth-order valence-electron chi connectivity index (χ4n) is 1.26. The van der Waals surface area contributed by atoms with E-state index in [0.29, 0.717) is 18.3 Å². The smallest absolute Gasteiger partial charge is 0.0292 e. The van der Waals surface area contributed by atoms with Gasteiger partial charge in [-0.05, 0) is 24.4 Å².